The van der Waals surface area contributed by atoms with Gasteiger partial charge in [0.1, 0.15) is 6.04 Å². The predicted molar refractivity (Wildman–Crippen MR) is 438 cm³/mol. The first kappa shape index (κ1) is 83.7. The molecule has 0 radical (unpaired) electrons. The first-order valence-corrected chi connectivity index (χ1v) is 40.5. The van der Waals surface area contributed by atoms with Crippen molar-refractivity contribution in [2.75, 3.05) is 26.4 Å². The molecule has 16 heterocycles. The monoisotopic (exact) mass is 1660 g/mol. The second-order valence-electron chi connectivity index (χ2n) is 30.9. The van der Waals surface area contributed by atoms with E-state index in [-0.39, 0.29) is 52.4 Å². The van der Waals surface area contributed by atoms with Gasteiger partial charge in [-0.1, -0.05) is 53.4 Å². The molecule has 0 aliphatic heterocycles. The molecule has 8 N–H and O–H groups in total. The van der Waals surface area contributed by atoms with Crippen molar-refractivity contribution in [3.8, 4) is 90.1 Å². The van der Waals surface area contributed by atoms with Crippen molar-refractivity contribution >= 4 is 22.1 Å². The van der Waals surface area contributed by atoms with Crippen molar-refractivity contribution in [2.24, 2.45) is 11.8 Å². The quantitative estimate of drug-likeness (QED) is 0.0250. The molecule has 36 nitrogen and oxygen atoms in total. The van der Waals surface area contributed by atoms with Gasteiger partial charge in [-0.25, -0.2) is 38.0 Å². The van der Waals surface area contributed by atoms with E-state index >= 15 is 0 Å². The molecule has 0 saturated heterocycles. The Morgan fingerprint density at radius 3 is 0.942 bits per heavy atom. The maximum absolute atomic E-state index is 13.3. The standard InChI is InChI=1S/2C22H27N7O2.C19H20F3N7O2.C19H23N7O2/c2*1-15-4-2-3-5-20(15)28-11-17(9-25-28)22-21-6-7-23-29(21)13-19(26-22)16-8-24-27(10-16)12-18(31)14-30;1-2-17(19(20,21)22)29-8-13(6-25-29)18-16-3-4-23-28(16)10-15(26-18)12-5-24-27(7-12)9-14(31)11-30;1-3-13(2)25-9-15(7-22-25)19-18-4-5-20-26(18)11-17(23-19)14-6-21-24(8-14)10-16(28)12-27/h2*6-11,13,15,18,20,30-31H,2-5,12,14H2,1H3;3-8,10,14,17,30-31H,2,9,11H2,1H3;4-9,11,13,16,27-28H,3,10,12H2,1-2H3/t15-,18+,20-;15-,18-,20-;14-,17+;13-,16-/m1111/s1. The van der Waals surface area contributed by atoms with E-state index in [1.54, 1.807) is 97.3 Å². The van der Waals surface area contributed by atoms with Crippen LogP contribution in [0.1, 0.15) is 123 Å². The van der Waals surface area contributed by atoms with E-state index in [9.17, 15) is 33.6 Å². The number of rotatable bonds is 26. The molecule has 0 amide bonds. The van der Waals surface area contributed by atoms with E-state index in [0.717, 1.165) is 102 Å². The molecule has 0 bridgehead atoms. The molecule has 634 valence electrons. The molecule has 39 heteroatoms. The molecule has 0 aromatic carbocycles. The smallest absolute Gasteiger partial charge is 0.394 e. The molecular formula is C82H97F3N28O8. The van der Waals surface area contributed by atoms with E-state index in [0.29, 0.717) is 63.7 Å². The van der Waals surface area contributed by atoms with Gasteiger partial charge in [0.15, 0.2) is 0 Å². The highest BCUT2D eigenvalue weighted by Gasteiger charge is 2.40. The average Bonchev–Trinajstić information content (AvgIpc) is 1.66. The Hall–Kier alpha value is -12.4. The molecule has 0 spiro atoms. The van der Waals surface area contributed by atoms with Crippen molar-refractivity contribution in [1.82, 2.24) is 137 Å². The topological polar surface area (TPSA) is 425 Å². The lowest BCUT2D eigenvalue weighted by Gasteiger charge is -2.28. The fourth-order valence-electron chi connectivity index (χ4n) is 15.3. The summed E-state index contributed by atoms with van der Waals surface area (Å²) >= 11 is 0. The van der Waals surface area contributed by atoms with Gasteiger partial charge in [0.2, 0.25) is 0 Å². The zero-order chi connectivity index (χ0) is 84.6. The van der Waals surface area contributed by atoms with Gasteiger partial charge in [-0.2, -0.15) is 74.4 Å². The summed E-state index contributed by atoms with van der Waals surface area (Å²) in [6, 6.07) is 7.00. The van der Waals surface area contributed by atoms with Crippen LogP contribution in [0.15, 0.2) is 173 Å². The minimum absolute atomic E-state index is 0.107. The highest BCUT2D eigenvalue weighted by molar-refractivity contribution is 5.81. The van der Waals surface area contributed by atoms with Crippen molar-refractivity contribution in [1.29, 1.82) is 0 Å². The SMILES string of the molecule is CC[C@@H](C)n1cc(-c2nc(-c3cnn(C[C@@H](O)CO)c3)cn3nccc23)cn1.CC[C@H](n1cc(-c2nc(-c3cnn(C[C@@H](O)CO)c3)cn3nccc23)cn1)C(F)(F)F.C[C@@H]1CCCC[C@H]1n1cc(-c2nc(-c3cnn(C[C@@H](O)CO)c3)cn3nccc23)cn1.C[C@@H]1CCCC[C@H]1n1cc(-c2nc(-c3cnn(C[C@H](O)CO)c3)cn3nccc23)cn1. The minimum Gasteiger partial charge on any atom is -0.394 e. The Morgan fingerprint density at radius 1 is 0.355 bits per heavy atom. The Kier molecular flexibility index (Phi) is 25.7. The van der Waals surface area contributed by atoms with Crippen molar-refractivity contribution < 1.29 is 54.0 Å². The second-order valence-corrected chi connectivity index (χ2v) is 30.9. The molecule has 10 atom stereocenters. The molecule has 18 rings (SSSR count). The second kappa shape index (κ2) is 37.1. The lowest BCUT2D eigenvalue weighted by atomic mass is 9.86. The summed E-state index contributed by atoms with van der Waals surface area (Å²) in [4.78, 5) is 19.3. The van der Waals surface area contributed by atoms with E-state index in [2.05, 4.69) is 116 Å². The number of hydrogen-bond acceptors (Lipinski definition) is 24. The lowest BCUT2D eigenvalue weighted by Crippen LogP contribution is -2.26. The van der Waals surface area contributed by atoms with Gasteiger partial charge in [0.05, 0.1) is 256 Å². The summed E-state index contributed by atoms with van der Waals surface area (Å²) in [5.74, 6) is 1.24. The maximum atomic E-state index is 13.3. The van der Waals surface area contributed by atoms with Gasteiger partial charge in [0, 0.05) is 100 Å². The van der Waals surface area contributed by atoms with Crippen LogP contribution in [0.5, 0.6) is 0 Å². The largest absolute Gasteiger partial charge is 0.410 e. The summed E-state index contributed by atoms with van der Waals surface area (Å²) in [7, 11) is 0. The molecular weight excluding hydrogens is 1560 g/mol. The number of fused-ring (bicyclic) bond motifs is 4. The molecule has 2 aliphatic carbocycles. The first-order chi connectivity index (χ1) is 58.6. The van der Waals surface area contributed by atoms with Crippen molar-refractivity contribution in [3.63, 3.8) is 0 Å². The molecule has 2 fully saturated rings. The van der Waals surface area contributed by atoms with Crippen LogP contribution >= 0.6 is 0 Å². The summed E-state index contributed by atoms with van der Waals surface area (Å²) in [5, 5.41) is 127. The number of aliphatic hydroxyl groups excluding tert-OH is 8. The van der Waals surface area contributed by atoms with E-state index in [1.807, 2.05) is 87.7 Å². The molecule has 0 unspecified atom stereocenters. The van der Waals surface area contributed by atoms with Gasteiger partial charge in [-0.3, -0.25) is 37.5 Å². The molecule has 121 heavy (non-hydrogen) atoms. The fourth-order valence-corrected chi connectivity index (χ4v) is 15.3. The van der Waals surface area contributed by atoms with Crippen LogP contribution < -0.4 is 0 Å². The number of nitrogens with zero attached hydrogens (tertiary/aromatic N) is 28. The number of aromatic nitrogens is 28. The van der Waals surface area contributed by atoms with Crippen LogP contribution in [-0.4, -0.2) is 235 Å². The summed E-state index contributed by atoms with van der Waals surface area (Å²) in [6.07, 6.45) is 45.2. The Morgan fingerprint density at radius 2 is 0.645 bits per heavy atom. The zero-order valence-electron chi connectivity index (χ0n) is 67.4. The molecule has 16 aromatic heterocycles. The Balaban J connectivity index is 0.000000126. The van der Waals surface area contributed by atoms with Crippen molar-refractivity contribution in [2.45, 2.75) is 180 Å². The summed E-state index contributed by atoms with van der Waals surface area (Å²) in [5.41, 5.74) is 15.3. The van der Waals surface area contributed by atoms with Crippen LogP contribution in [-0.2, 0) is 26.2 Å². The molecule has 2 saturated carbocycles. The van der Waals surface area contributed by atoms with Gasteiger partial charge in [-0.15, -0.1) is 0 Å². The Bertz CT molecular complexity index is 5890. The highest BCUT2D eigenvalue weighted by atomic mass is 19.4. The number of alkyl halides is 3. The fraction of sp³-hybridized carbons (Fsp3) is 0.415. The van der Waals surface area contributed by atoms with Gasteiger partial charge in [0.25, 0.3) is 0 Å². The van der Waals surface area contributed by atoms with Crippen molar-refractivity contribution in [3.05, 3.63) is 173 Å². The normalized spacial score (nSPS) is 17.3. The number of halogens is 3. The minimum atomic E-state index is -4.41. The molecule has 2 aliphatic rings. The summed E-state index contributed by atoms with van der Waals surface area (Å²) < 4.78 is 60.2. The average molecular weight is 1660 g/mol. The van der Waals surface area contributed by atoms with Crippen LogP contribution in [0, 0.1) is 11.8 Å². The van der Waals surface area contributed by atoms with Gasteiger partial charge in [-0.05, 0) is 81.5 Å². The first-order valence-electron chi connectivity index (χ1n) is 40.5. The molecule has 16 aromatic rings. The number of hydrogen-bond donors (Lipinski definition) is 8. The van der Waals surface area contributed by atoms with E-state index in [4.69, 9.17) is 35.4 Å². The van der Waals surface area contributed by atoms with E-state index in [1.165, 1.54) is 62.5 Å². The zero-order valence-corrected chi connectivity index (χ0v) is 67.4. The van der Waals surface area contributed by atoms with Gasteiger partial charge >= 0.3 is 6.18 Å². The predicted octanol–water partition coefficient (Wildman–Crippen LogP) is 9.22. The van der Waals surface area contributed by atoms with Crippen LogP contribution in [0.2, 0.25) is 0 Å². The third kappa shape index (κ3) is 19.0. The Labute approximate surface area is 690 Å². The van der Waals surface area contributed by atoms with Gasteiger partial charge < -0.3 is 40.9 Å². The van der Waals surface area contributed by atoms with Crippen LogP contribution in [0.4, 0.5) is 13.2 Å². The maximum Gasteiger partial charge on any atom is 0.410 e. The number of aliphatic hydroxyl groups is 8. The van der Waals surface area contributed by atoms with E-state index < -0.39 is 43.2 Å². The third-order valence-corrected chi connectivity index (χ3v) is 22.1. The van der Waals surface area contributed by atoms with Crippen LogP contribution in [0.25, 0.3) is 112 Å². The highest BCUT2D eigenvalue weighted by Crippen LogP contribution is 2.39. The summed E-state index contributed by atoms with van der Waals surface area (Å²) in [6.45, 7) is 9.80. The third-order valence-electron chi connectivity index (χ3n) is 22.1. The lowest BCUT2D eigenvalue weighted by molar-refractivity contribution is -0.170. The van der Waals surface area contributed by atoms with Crippen LogP contribution in [0.3, 0.4) is 0 Å².